The molecule has 0 radical (unpaired) electrons. The number of alkyl halides is 1. The van der Waals surface area contributed by atoms with Crippen LogP contribution in [-0.2, 0) is 0 Å². The molecule has 0 aliphatic heterocycles. The van der Waals surface area contributed by atoms with Crippen molar-refractivity contribution in [3.05, 3.63) is 0 Å². The van der Waals surface area contributed by atoms with Crippen LogP contribution < -0.4 is 0 Å². The average molecular weight is 118 g/mol. The Labute approximate surface area is 48.5 Å². The highest BCUT2D eigenvalue weighted by atomic mass is 19.1. The van der Waals surface area contributed by atoms with Crippen molar-refractivity contribution in [3.63, 3.8) is 0 Å². The van der Waals surface area contributed by atoms with Crippen LogP contribution in [0.5, 0.6) is 0 Å². The molecular weight excluding hydrogens is 107 g/mol. The lowest BCUT2D eigenvalue weighted by atomic mass is 10.1. The van der Waals surface area contributed by atoms with Crippen LogP contribution in [0.2, 0.25) is 0 Å². The maximum absolute atomic E-state index is 11.6. The van der Waals surface area contributed by atoms with E-state index in [1.807, 2.05) is 0 Å². The highest BCUT2D eigenvalue weighted by Gasteiger charge is 2.41. The largest absolute Gasteiger partial charge is 0.396 e. The first-order valence-corrected chi connectivity index (χ1v) is 3.00. The first kappa shape index (κ1) is 6.02. The smallest absolute Gasteiger partial charge is 0.0900 e. The molecule has 0 atom stereocenters. The van der Waals surface area contributed by atoms with Gasteiger partial charge < -0.3 is 5.11 Å². The minimum absolute atomic E-state index is 0.0226. The van der Waals surface area contributed by atoms with E-state index in [1.54, 1.807) is 0 Å². The third-order valence-electron chi connectivity index (χ3n) is 1.92. The Morgan fingerprint density at radius 3 is 2.25 bits per heavy atom. The van der Waals surface area contributed by atoms with Crippen LogP contribution >= 0.6 is 0 Å². The Hall–Kier alpha value is -0.110. The lowest BCUT2D eigenvalue weighted by Crippen LogP contribution is -2.06. The van der Waals surface area contributed by atoms with Crippen LogP contribution in [0.15, 0.2) is 0 Å². The molecule has 0 bridgehead atoms. The number of aliphatic hydroxyl groups is 1. The van der Waals surface area contributed by atoms with Crippen molar-refractivity contribution in [1.29, 1.82) is 0 Å². The zero-order chi connectivity index (χ0) is 6.04. The summed E-state index contributed by atoms with van der Waals surface area (Å²) >= 11 is 0. The molecule has 1 rings (SSSR count). The van der Waals surface area contributed by atoms with Gasteiger partial charge in [-0.15, -0.1) is 0 Å². The Bertz CT molecular complexity index is 78.6. The second-order valence-electron chi connectivity index (χ2n) is 2.60. The van der Waals surface area contributed by atoms with Gasteiger partial charge in [-0.1, -0.05) is 0 Å². The van der Waals surface area contributed by atoms with E-state index in [0.29, 0.717) is 6.42 Å². The zero-order valence-corrected chi connectivity index (χ0v) is 4.86. The van der Waals surface area contributed by atoms with Gasteiger partial charge in [0.05, 0.1) is 6.67 Å². The predicted molar refractivity (Wildman–Crippen MR) is 29.3 cm³/mol. The van der Waals surface area contributed by atoms with E-state index in [9.17, 15) is 4.39 Å². The van der Waals surface area contributed by atoms with Crippen molar-refractivity contribution in [1.82, 2.24) is 0 Å². The van der Waals surface area contributed by atoms with Crippen LogP contribution in [0.3, 0.4) is 0 Å². The Morgan fingerprint density at radius 1 is 1.50 bits per heavy atom. The first-order chi connectivity index (χ1) is 3.83. The Morgan fingerprint density at radius 2 is 2.12 bits per heavy atom. The van der Waals surface area contributed by atoms with Crippen LogP contribution in [0.4, 0.5) is 4.39 Å². The predicted octanol–water partition coefficient (Wildman–Crippen LogP) is 1.12. The molecule has 1 aliphatic carbocycles. The fraction of sp³-hybridized carbons (Fsp3) is 1.00. The van der Waals surface area contributed by atoms with E-state index in [-0.39, 0.29) is 18.7 Å². The Kier molecular flexibility index (Phi) is 1.52. The molecule has 0 aromatic rings. The van der Waals surface area contributed by atoms with Crippen molar-refractivity contribution < 1.29 is 9.50 Å². The van der Waals surface area contributed by atoms with Gasteiger partial charge in [-0.2, -0.15) is 0 Å². The monoisotopic (exact) mass is 118 g/mol. The summed E-state index contributed by atoms with van der Waals surface area (Å²) in [6.07, 6.45) is 2.60. The van der Waals surface area contributed by atoms with Gasteiger partial charge in [0, 0.05) is 6.61 Å². The molecule has 0 spiro atoms. The number of hydrogen-bond donors (Lipinski definition) is 1. The molecule has 1 nitrogen and oxygen atoms in total. The van der Waals surface area contributed by atoms with Crippen LogP contribution in [0.1, 0.15) is 19.3 Å². The molecule has 0 saturated heterocycles. The summed E-state index contributed by atoms with van der Waals surface area (Å²) < 4.78 is 11.6. The van der Waals surface area contributed by atoms with E-state index in [0.717, 1.165) is 12.8 Å². The van der Waals surface area contributed by atoms with E-state index in [1.165, 1.54) is 0 Å². The summed E-state index contributed by atoms with van der Waals surface area (Å²) in [7, 11) is 0. The lowest BCUT2D eigenvalue weighted by molar-refractivity contribution is 0.193. The standard InChI is InChI=1S/C6H11FO/c7-4-3-6(5-8)1-2-6/h8H,1-5H2. The molecule has 0 heterocycles. The SMILES string of the molecule is OCC1(CCF)CC1. The summed E-state index contributed by atoms with van der Waals surface area (Å²) in [6, 6.07) is 0. The quantitative estimate of drug-likeness (QED) is 0.588. The van der Waals surface area contributed by atoms with E-state index in [4.69, 9.17) is 5.11 Å². The number of halogens is 1. The minimum Gasteiger partial charge on any atom is -0.396 e. The van der Waals surface area contributed by atoms with Crippen LogP contribution in [0, 0.1) is 5.41 Å². The molecule has 0 aromatic carbocycles. The topological polar surface area (TPSA) is 20.2 Å². The molecule has 48 valence electrons. The van der Waals surface area contributed by atoms with Gasteiger partial charge in [-0.3, -0.25) is 4.39 Å². The van der Waals surface area contributed by atoms with Crippen molar-refractivity contribution >= 4 is 0 Å². The maximum atomic E-state index is 11.6. The summed E-state index contributed by atoms with van der Waals surface area (Å²) in [5.74, 6) is 0. The van der Waals surface area contributed by atoms with Crippen molar-refractivity contribution in [2.45, 2.75) is 19.3 Å². The van der Waals surface area contributed by atoms with Crippen molar-refractivity contribution in [2.24, 2.45) is 5.41 Å². The number of aliphatic hydroxyl groups excluding tert-OH is 1. The van der Waals surface area contributed by atoms with Crippen LogP contribution in [0.25, 0.3) is 0 Å². The summed E-state index contributed by atoms with van der Waals surface area (Å²) in [6.45, 7) is -0.0997. The molecule has 0 aromatic heterocycles. The second kappa shape index (κ2) is 2.02. The van der Waals surface area contributed by atoms with Gasteiger partial charge in [0.1, 0.15) is 0 Å². The summed E-state index contributed by atoms with van der Waals surface area (Å²) in [5, 5.41) is 8.62. The van der Waals surface area contributed by atoms with Gasteiger partial charge in [-0.25, -0.2) is 0 Å². The summed E-state index contributed by atoms with van der Waals surface area (Å²) in [4.78, 5) is 0. The fourth-order valence-electron chi connectivity index (χ4n) is 0.864. The molecule has 0 amide bonds. The summed E-state index contributed by atoms with van der Waals surface area (Å²) in [5.41, 5.74) is 0.0226. The Balaban J connectivity index is 2.20. The van der Waals surface area contributed by atoms with Gasteiger partial charge in [0.2, 0.25) is 0 Å². The normalized spacial score (nSPS) is 23.2. The molecule has 0 unspecified atom stereocenters. The molecule has 1 fully saturated rings. The minimum atomic E-state index is -0.277. The number of rotatable bonds is 3. The van der Waals surface area contributed by atoms with Gasteiger partial charge in [0.15, 0.2) is 0 Å². The van der Waals surface area contributed by atoms with Gasteiger partial charge in [-0.05, 0) is 24.7 Å². The first-order valence-electron chi connectivity index (χ1n) is 3.00. The molecule has 1 N–H and O–H groups in total. The van der Waals surface area contributed by atoms with E-state index in [2.05, 4.69) is 0 Å². The molecule has 1 saturated carbocycles. The molecule has 1 aliphatic rings. The average Bonchev–Trinajstić information content (AvgIpc) is 2.50. The van der Waals surface area contributed by atoms with Gasteiger partial charge >= 0.3 is 0 Å². The van der Waals surface area contributed by atoms with Crippen molar-refractivity contribution in [3.8, 4) is 0 Å². The van der Waals surface area contributed by atoms with E-state index >= 15 is 0 Å². The number of hydrogen-bond acceptors (Lipinski definition) is 1. The third kappa shape index (κ3) is 0.996. The fourth-order valence-corrected chi connectivity index (χ4v) is 0.864. The second-order valence-corrected chi connectivity index (χ2v) is 2.60. The van der Waals surface area contributed by atoms with E-state index < -0.39 is 0 Å². The third-order valence-corrected chi connectivity index (χ3v) is 1.92. The highest BCUT2D eigenvalue weighted by molar-refractivity contribution is 4.91. The van der Waals surface area contributed by atoms with Crippen molar-refractivity contribution in [2.75, 3.05) is 13.3 Å². The maximum Gasteiger partial charge on any atom is 0.0900 e. The van der Waals surface area contributed by atoms with Crippen LogP contribution in [-0.4, -0.2) is 18.4 Å². The van der Waals surface area contributed by atoms with Gasteiger partial charge in [0.25, 0.3) is 0 Å². The zero-order valence-electron chi connectivity index (χ0n) is 4.86. The lowest BCUT2D eigenvalue weighted by Gasteiger charge is -2.05. The molecule has 8 heavy (non-hydrogen) atoms. The molecule has 2 heteroatoms. The highest BCUT2D eigenvalue weighted by Crippen LogP contribution is 2.47. The molecular formula is C6H11FO.